The van der Waals surface area contributed by atoms with Crippen molar-refractivity contribution in [3.8, 4) is 0 Å². The Hall–Kier alpha value is -2.40. The quantitative estimate of drug-likeness (QED) is 0.621. The number of benzene rings is 2. The van der Waals surface area contributed by atoms with Gasteiger partial charge in [0, 0.05) is 25.0 Å². The van der Waals surface area contributed by atoms with Crippen LogP contribution in [0, 0.1) is 20.8 Å². The van der Waals surface area contributed by atoms with Crippen molar-refractivity contribution < 1.29 is 23.6 Å². The average Bonchev–Trinajstić information content (AvgIpc) is 2.70. The molecule has 29 heavy (non-hydrogen) atoms. The number of hydrogen-bond acceptors (Lipinski definition) is 5. The van der Waals surface area contributed by atoms with Crippen LogP contribution in [0.2, 0.25) is 0 Å². The van der Waals surface area contributed by atoms with E-state index in [1.165, 1.54) is 12.7 Å². The summed E-state index contributed by atoms with van der Waals surface area (Å²) in [6.45, 7) is 8.80. The molecule has 2 rings (SSSR count). The predicted molar refractivity (Wildman–Crippen MR) is 115 cm³/mol. The fraction of sp³-hybridized carbons (Fsp3) is 0.364. The van der Waals surface area contributed by atoms with Crippen LogP contribution >= 0.6 is 8.46 Å². The minimum Gasteiger partial charge on any atom is -0.377 e. The minimum atomic E-state index is -0.556. The molecule has 0 saturated carbocycles. The number of carbonyl (C=O) groups excluding carboxylic acids is 2. The van der Waals surface area contributed by atoms with Crippen LogP contribution in [0.3, 0.4) is 0 Å². The van der Waals surface area contributed by atoms with E-state index in [0.717, 1.165) is 24.3 Å². The molecule has 1 N–H and O–H groups in total. The molecule has 7 heteroatoms. The zero-order chi connectivity index (χ0) is 21.8. The van der Waals surface area contributed by atoms with Crippen molar-refractivity contribution in [1.82, 2.24) is 0 Å². The molecule has 0 radical (unpaired) electrons. The van der Waals surface area contributed by atoms with Gasteiger partial charge in [-0.25, -0.2) is 0 Å². The molecule has 0 aliphatic carbocycles. The number of rotatable bonds is 8. The molecule has 0 aliphatic heterocycles. The van der Waals surface area contributed by atoms with Crippen molar-refractivity contribution in [2.45, 2.75) is 34.3 Å². The molecule has 0 saturated heterocycles. The van der Waals surface area contributed by atoms with Crippen LogP contribution < -0.4 is 5.32 Å². The Morgan fingerprint density at radius 1 is 1.07 bits per heavy atom. The maximum atomic E-state index is 11.7. The van der Waals surface area contributed by atoms with E-state index in [2.05, 4.69) is 17.4 Å². The van der Waals surface area contributed by atoms with Gasteiger partial charge in [0.1, 0.15) is 6.61 Å². The van der Waals surface area contributed by atoms with E-state index >= 15 is 0 Å². The van der Waals surface area contributed by atoms with Gasteiger partial charge < -0.3 is 14.8 Å². The lowest BCUT2D eigenvalue weighted by Gasteiger charge is -2.15. The van der Waals surface area contributed by atoms with Crippen LogP contribution in [-0.2, 0) is 25.4 Å². The Bertz CT molecular complexity index is 837. The normalized spacial score (nSPS) is 10.2. The molecule has 0 aromatic heterocycles. The first kappa shape index (κ1) is 24.6. The molecule has 0 unspecified atom stereocenters. The van der Waals surface area contributed by atoms with Crippen molar-refractivity contribution in [3.63, 3.8) is 0 Å². The van der Waals surface area contributed by atoms with Crippen molar-refractivity contribution in [3.05, 3.63) is 64.2 Å². The zero-order valence-corrected chi connectivity index (χ0v) is 18.5. The lowest BCUT2D eigenvalue weighted by atomic mass is 9.98. The topological polar surface area (TPSA) is 81.7 Å². The number of anilines is 1. The molecular formula is C22H28NO5P. The highest BCUT2D eigenvalue weighted by atomic mass is 31.1. The molecule has 156 valence electrons. The van der Waals surface area contributed by atoms with E-state index in [9.17, 15) is 14.2 Å². The zero-order valence-electron chi connectivity index (χ0n) is 17.6. The highest BCUT2D eigenvalue weighted by Gasteiger charge is 2.18. The minimum absolute atomic E-state index is 0.0597. The fourth-order valence-corrected chi connectivity index (χ4v) is 3.29. The molecule has 0 spiro atoms. The number of aryl methyl sites for hydroxylation is 2. The largest absolute Gasteiger partial charge is 0.377 e. The number of hydrogen-bond donors (Lipinski definition) is 1. The van der Waals surface area contributed by atoms with Gasteiger partial charge in [0.2, 0.25) is 14.4 Å². The maximum Gasteiger partial charge on any atom is 0.253 e. The second-order valence-corrected chi connectivity index (χ2v) is 6.97. The van der Waals surface area contributed by atoms with Crippen LogP contribution in [-0.4, -0.2) is 31.8 Å². The van der Waals surface area contributed by atoms with Gasteiger partial charge in [-0.3, -0.25) is 14.2 Å². The van der Waals surface area contributed by atoms with E-state index < -0.39 is 14.0 Å². The average molecular weight is 417 g/mol. The van der Waals surface area contributed by atoms with Crippen molar-refractivity contribution >= 4 is 25.6 Å². The molecular weight excluding hydrogens is 389 g/mol. The molecule has 1 amide bonds. The number of nitrogens with one attached hydrogen (secondary N) is 1. The van der Waals surface area contributed by atoms with Gasteiger partial charge in [-0.2, -0.15) is 0 Å². The van der Waals surface area contributed by atoms with Crippen LogP contribution in [0.4, 0.5) is 5.69 Å². The van der Waals surface area contributed by atoms with Gasteiger partial charge in [0.05, 0.1) is 6.61 Å². The fourth-order valence-electron chi connectivity index (χ4n) is 2.85. The summed E-state index contributed by atoms with van der Waals surface area (Å²) in [5.41, 5.74) is 3.91. The van der Waals surface area contributed by atoms with Gasteiger partial charge in [-0.1, -0.05) is 36.4 Å². The van der Waals surface area contributed by atoms with Gasteiger partial charge in [-0.05, 0) is 49.9 Å². The number of amides is 1. The Morgan fingerprint density at radius 3 is 2.28 bits per heavy atom. The smallest absolute Gasteiger partial charge is 0.253 e. The van der Waals surface area contributed by atoms with E-state index in [1.807, 2.05) is 32.0 Å². The third kappa shape index (κ3) is 7.86. The highest BCUT2D eigenvalue weighted by molar-refractivity contribution is 7.47. The van der Waals surface area contributed by atoms with Gasteiger partial charge >= 0.3 is 0 Å². The Kier molecular flexibility index (Phi) is 11.0. The Morgan fingerprint density at radius 2 is 1.72 bits per heavy atom. The number of carbonyl (C=O) groups is 2. The summed E-state index contributed by atoms with van der Waals surface area (Å²) in [5.74, 6) is -0.296. The molecule has 6 nitrogen and oxygen atoms in total. The van der Waals surface area contributed by atoms with Crippen LogP contribution in [0.5, 0.6) is 0 Å². The number of methoxy groups -OCH3 is 1. The summed E-state index contributed by atoms with van der Waals surface area (Å²) in [7, 11) is 0.875. The molecule has 0 atom stereocenters. The first-order chi connectivity index (χ1) is 13.8. The maximum absolute atomic E-state index is 11.7. The van der Waals surface area contributed by atoms with Crippen molar-refractivity contribution in [1.29, 1.82) is 0 Å². The van der Waals surface area contributed by atoms with E-state index in [0.29, 0.717) is 16.8 Å². The molecule has 0 bridgehead atoms. The highest BCUT2D eigenvalue weighted by Crippen LogP contribution is 2.29. The second-order valence-electron chi connectivity index (χ2n) is 6.39. The predicted octanol–water partition coefficient (Wildman–Crippen LogP) is 4.85. The van der Waals surface area contributed by atoms with Crippen molar-refractivity contribution in [2.24, 2.45) is 0 Å². The standard InChI is InChI=1S/C13H16NO4P.C9H12O/c1-7-5-8(2)12(14-10(15)6-18-4)9(3)11(7)13(16)19-17;1-2-10-8-9-6-4-3-5-7-9/h5H,6H2,1-4H3,(H,14,15);3-7H,2,8H2,1H3. The van der Waals surface area contributed by atoms with Crippen LogP contribution in [0.15, 0.2) is 36.4 Å². The van der Waals surface area contributed by atoms with Gasteiger partial charge in [0.25, 0.3) is 5.52 Å². The third-order valence-corrected chi connectivity index (χ3v) is 4.51. The number of ether oxygens (including phenoxy) is 2. The van der Waals surface area contributed by atoms with Gasteiger partial charge in [0.15, 0.2) is 0 Å². The summed E-state index contributed by atoms with van der Waals surface area (Å²) < 4.78 is 20.7. The summed E-state index contributed by atoms with van der Waals surface area (Å²) in [6, 6.07) is 12.0. The first-order valence-corrected chi connectivity index (χ1v) is 10.1. The van der Waals surface area contributed by atoms with Gasteiger partial charge in [-0.15, -0.1) is 0 Å². The Balaban J connectivity index is 0.000000352. The van der Waals surface area contributed by atoms with Crippen LogP contribution in [0.25, 0.3) is 0 Å². The molecule has 0 fully saturated rings. The van der Waals surface area contributed by atoms with E-state index in [1.54, 1.807) is 19.9 Å². The van der Waals surface area contributed by atoms with Crippen LogP contribution in [0.1, 0.15) is 39.5 Å². The van der Waals surface area contributed by atoms with E-state index in [-0.39, 0.29) is 12.5 Å². The summed E-state index contributed by atoms with van der Waals surface area (Å²) in [4.78, 5) is 23.2. The lowest BCUT2D eigenvalue weighted by Crippen LogP contribution is -2.19. The van der Waals surface area contributed by atoms with E-state index in [4.69, 9.17) is 9.47 Å². The summed E-state index contributed by atoms with van der Waals surface area (Å²) in [6.07, 6.45) is 0. The summed E-state index contributed by atoms with van der Waals surface area (Å²) in [5, 5.41) is 2.70. The monoisotopic (exact) mass is 417 g/mol. The summed E-state index contributed by atoms with van der Waals surface area (Å²) >= 11 is 0. The second kappa shape index (κ2) is 12.9. The molecule has 2 aromatic rings. The third-order valence-electron chi connectivity index (χ3n) is 4.12. The first-order valence-electron chi connectivity index (χ1n) is 9.24. The van der Waals surface area contributed by atoms with Crippen molar-refractivity contribution in [2.75, 3.05) is 25.6 Å². The molecule has 0 heterocycles. The molecule has 0 aliphatic rings. The lowest BCUT2D eigenvalue weighted by molar-refractivity contribution is -0.119. The SMILES string of the molecule is CCOCc1ccccc1.COCC(=O)Nc1c(C)cc(C)c(C(=O)P=O)c1C. The Labute approximate surface area is 173 Å². The molecule has 2 aromatic carbocycles.